The first-order valence-corrected chi connectivity index (χ1v) is 5.21. The van der Waals surface area contributed by atoms with Gasteiger partial charge in [-0.1, -0.05) is 12.7 Å². The molecule has 1 aromatic heterocycles. The number of rotatable bonds is 3. The maximum atomic E-state index is 13.6. The molecule has 0 aliphatic heterocycles. The number of tetrazole rings is 1. The molecule has 0 atom stereocenters. The number of hydrogen-bond donors (Lipinski definition) is 1. The molecule has 0 aliphatic rings. The first-order chi connectivity index (χ1) is 8.58. The lowest BCUT2D eigenvalue weighted by molar-refractivity contribution is 0.629. The highest BCUT2D eigenvalue weighted by Crippen LogP contribution is 2.22. The van der Waals surface area contributed by atoms with Crippen LogP contribution in [0.4, 0.5) is 10.1 Å². The Labute approximate surface area is 102 Å². The minimum absolute atomic E-state index is 0.271. The average Bonchev–Trinajstić information content (AvgIpc) is 2.70. The SMILES string of the molecule is C=Cc1cc(F)c(NC)cc1-n1nnn(C)c1=O. The standard InChI is InChI=1S/C11H12FN5O/c1-4-7-5-8(12)9(13-2)6-10(7)17-11(18)16(3)14-15-17/h4-6,13H,1H2,2-3H3. The smallest absolute Gasteiger partial charge is 0.368 e. The van der Waals surface area contributed by atoms with Crippen molar-refractivity contribution >= 4 is 11.8 Å². The second-order valence-electron chi connectivity index (χ2n) is 3.64. The third-order valence-electron chi connectivity index (χ3n) is 2.56. The molecule has 0 fully saturated rings. The molecular weight excluding hydrogens is 237 g/mol. The van der Waals surface area contributed by atoms with Crippen LogP contribution in [0.1, 0.15) is 5.56 Å². The minimum Gasteiger partial charge on any atom is -0.386 e. The monoisotopic (exact) mass is 249 g/mol. The van der Waals surface area contributed by atoms with Crippen LogP contribution in [0.5, 0.6) is 0 Å². The van der Waals surface area contributed by atoms with Crippen LogP contribution < -0.4 is 11.0 Å². The van der Waals surface area contributed by atoms with Gasteiger partial charge in [-0.25, -0.2) is 9.18 Å². The second-order valence-corrected chi connectivity index (χ2v) is 3.64. The summed E-state index contributed by atoms with van der Waals surface area (Å²) in [6.07, 6.45) is 1.46. The molecule has 0 spiro atoms. The molecule has 2 aromatic rings. The van der Waals surface area contributed by atoms with Gasteiger partial charge in [0.15, 0.2) is 0 Å². The summed E-state index contributed by atoms with van der Waals surface area (Å²) in [5.41, 5.74) is 0.753. The Hall–Kier alpha value is -2.44. The first-order valence-electron chi connectivity index (χ1n) is 5.21. The van der Waals surface area contributed by atoms with E-state index in [0.717, 1.165) is 9.36 Å². The van der Waals surface area contributed by atoms with Crippen molar-refractivity contribution < 1.29 is 4.39 Å². The van der Waals surface area contributed by atoms with E-state index in [-0.39, 0.29) is 5.69 Å². The number of aromatic nitrogens is 4. The van der Waals surface area contributed by atoms with Crippen LogP contribution in [0.3, 0.4) is 0 Å². The van der Waals surface area contributed by atoms with Gasteiger partial charge in [-0.05, 0) is 22.6 Å². The predicted octanol–water partition coefficient (Wildman–Crippen LogP) is 0.790. The molecule has 1 heterocycles. The Morgan fingerprint density at radius 3 is 2.67 bits per heavy atom. The van der Waals surface area contributed by atoms with Crippen molar-refractivity contribution in [3.05, 3.63) is 40.6 Å². The summed E-state index contributed by atoms with van der Waals surface area (Å²) in [7, 11) is 3.08. The van der Waals surface area contributed by atoms with Gasteiger partial charge in [-0.15, -0.1) is 0 Å². The number of halogens is 1. The van der Waals surface area contributed by atoms with Crippen LogP contribution in [0.25, 0.3) is 11.8 Å². The minimum atomic E-state index is -0.423. The molecule has 1 aromatic carbocycles. The molecule has 94 valence electrons. The van der Waals surface area contributed by atoms with Crippen LogP contribution in [0.2, 0.25) is 0 Å². The molecular formula is C11H12FN5O. The Bertz CT molecular complexity index is 658. The van der Waals surface area contributed by atoms with Crippen molar-refractivity contribution in [2.24, 2.45) is 7.05 Å². The van der Waals surface area contributed by atoms with Crippen molar-refractivity contribution in [3.8, 4) is 5.69 Å². The summed E-state index contributed by atoms with van der Waals surface area (Å²) in [6.45, 7) is 3.59. The Balaban J connectivity index is 2.73. The van der Waals surface area contributed by atoms with Crippen LogP contribution in [-0.4, -0.2) is 26.8 Å². The molecule has 2 rings (SSSR count). The van der Waals surface area contributed by atoms with Gasteiger partial charge < -0.3 is 5.32 Å². The van der Waals surface area contributed by atoms with Gasteiger partial charge in [-0.2, -0.15) is 9.36 Å². The lowest BCUT2D eigenvalue weighted by atomic mass is 10.1. The zero-order valence-corrected chi connectivity index (χ0v) is 10.0. The molecule has 0 aliphatic carbocycles. The fourth-order valence-electron chi connectivity index (χ4n) is 1.58. The zero-order valence-electron chi connectivity index (χ0n) is 10.0. The third-order valence-corrected chi connectivity index (χ3v) is 2.56. The maximum Gasteiger partial charge on any atom is 0.368 e. The van der Waals surface area contributed by atoms with Gasteiger partial charge >= 0.3 is 5.69 Å². The van der Waals surface area contributed by atoms with E-state index >= 15 is 0 Å². The molecule has 0 saturated heterocycles. The normalized spacial score (nSPS) is 10.4. The summed E-state index contributed by atoms with van der Waals surface area (Å²) in [5.74, 6) is -0.423. The van der Waals surface area contributed by atoms with Gasteiger partial charge in [0, 0.05) is 19.7 Å². The average molecular weight is 249 g/mol. The molecule has 0 radical (unpaired) electrons. The van der Waals surface area contributed by atoms with Crippen molar-refractivity contribution in [1.82, 2.24) is 19.8 Å². The van der Waals surface area contributed by atoms with Gasteiger partial charge in [0.2, 0.25) is 0 Å². The highest BCUT2D eigenvalue weighted by Gasteiger charge is 2.13. The second kappa shape index (κ2) is 4.44. The quantitative estimate of drug-likeness (QED) is 0.873. The molecule has 0 unspecified atom stereocenters. The maximum absolute atomic E-state index is 13.6. The van der Waals surface area contributed by atoms with Crippen LogP contribution in [-0.2, 0) is 7.05 Å². The summed E-state index contributed by atoms with van der Waals surface area (Å²) in [5, 5.41) is 10.0. The Morgan fingerprint density at radius 1 is 1.44 bits per heavy atom. The predicted molar refractivity (Wildman–Crippen MR) is 66.2 cm³/mol. The zero-order chi connectivity index (χ0) is 13.3. The number of nitrogens with zero attached hydrogens (tertiary/aromatic N) is 4. The number of hydrogen-bond acceptors (Lipinski definition) is 4. The third kappa shape index (κ3) is 1.79. The van der Waals surface area contributed by atoms with Gasteiger partial charge in [0.05, 0.1) is 11.4 Å². The van der Waals surface area contributed by atoms with Crippen molar-refractivity contribution in [1.29, 1.82) is 0 Å². The lowest BCUT2D eigenvalue weighted by Gasteiger charge is -2.08. The fraction of sp³-hybridized carbons (Fsp3) is 0.182. The van der Waals surface area contributed by atoms with E-state index < -0.39 is 11.5 Å². The number of anilines is 1. The van der Waals surface area contributed by atoms with Crippen molar-refractivity contribution in [2.45, 2.75) is 0 Å². The number of benzene rings is 1. The summed E-state index contributed by atoms with van der Waals surface area (Å²) >= 11 is 0. The number of aryl methyl sites for hydroxylation is 1. The van der Waals surface area contributed by atoms with Gasteiger partial charge in [-0.3, -0.25) is 0 Å². The summed E-state index contributed by atoms with van der Waals surface area (Å²) in [4.78, 5) is 11.8. The molecule has 1 N–H and O–H groups in total. The Morgan fingerprint density at radius 2 is 2.17 bits per heavy atom. The Kier molecular flexibility index (Phi) is 2.97. The van der Waals surface area contributed by atoms with E-state index in [0.29, 0.717) is 11.3 Å². The van der Waals surface area contributed by atoms with E-state index in [1.807, 2.05) is 0 Å². The number of nitrogens with one attached hydrogen (secondary N) is 1. The topological polar surface area (TPSA) is 64.7 Å². The molecule has 7 heteroatoms. The van der Waals surface area contributed by atoms with Gasteiger partial charge in [0.1, 0.15) is 5.82 Å². The highest BCUT2D eigenvalue weighted by atomic mass is 19.1. The van der Waals surface area contributed by atoms with Crippen molar-refractivity contribution in [3.63, 3.8) is 0 Å². The van der Waals surface area contributed by atoms with Gasteiger partial charge in [0.25, 0.3) is 0 Å². The summed E-state index contributed by atoms with van der Waals surface area (Å²) in [6, 6.07) is 2.78. The molecule has 0 amide bonds. The van der Waals surface area contributed by atoms with Crippen LogP contribution in [0.15, 0.2) is 23.5 Å². The first kappa shape index (κ1) is 12.0. The van der Waals surface area contributed by atoms with E-state index in [1.165, 1.54) is 25.3 Å². The van der Waals surface area contributed by atoms with Crippen LogP contribution >= 0.6 is 0 Å². The summed E-state index contributed by atoms with van der Waals surface area (Å²) < 4.78 is 15.8. The largest absolute Gasteiger partial charge is 0.386 e. The lowest BCUT2D eigenvalue weighted by Crippen LogP contribution is -2.22. The van der Waals surface area contributed by atoms with E-state index in [2.05, 4.69) is 22.3 Å². The fourth-order valence-corrected chi connectivity index (χ4v) is 1.58. The van der Waals surface area contributed by atoms with E-state index in [9.17, 15) is 9.18 Å². The van der Waals surface area contributed by atoms with Crippen molar-refractivity contribution in [2.75, 3.05) is 12.4 Å². The molecule has 18 heavy (non-hydrogen) atoms. The van der Waals surface area contributed by atoms with E-state index in [4.69, 9.17) is 0 Å². The highest BCUT2D eigenvalue weighted by molar-refractivity contribution is 5.65. The molecule has 0 bridgehead atoms. The molecule has 0 saturated carbocycles. The van der Waals surface area contributed by atoms with Crippen LogP contribution in [0, 0.1) is 5.82 Å². The van der Waals surface area contributed by atoms with E-state index in [1.54, 1.807) is 7.05 Å². The molecule has 6 nitrogen and oxygen atoms in total.